The van der Waals surface area contributed by atoms with E-state index in [4.69, 9.17) is 4.74 Å². The van der Waals surface area contributed by atoms with Crippen LogP contribution in [-0.2, 0) is 12.7 Å². The number of nitrogens with one attached hydrogen (secondary N) is 2. The molecule has 3 aromatic rings. The summed E-state index contributed by atoms with van der Waals surface area (Å²) in [6.45, 7) is 1.46. The molecule has 12 heteroatoms. The molecule has 1 aliphatic heterocycles. The van der Waals surface area contributed by atoms with Crippen molar-refractivity contribution in [3.8, 4) is 11.4 Å². The number of hydrogen-bond acceptors (Lipinski definition) is 6. The first-order valence-electron chi connectivity index (χ1n) is 11.1. The van der Waals surface area contributed by atoms with Crippen molar-refractivity contribution in [3.05, 3.63) is 65.5 Å². The summed E-state index contributed by atoms with van der Waals surface area (Å²) >= 11 is 0. The second kappa shape index (κ2) is 10.3. The standard InChI is InChI=1S/C23H26F3N7O2/c1-27-22(34)32-11-10-19(18(14-32)15-6-4-3-5-7-15)28-13-16-12-17(8-9-20(16)35-2)33-21(23(24,25)26)29-30-31-33/h3-9,12,18-19,28H,10-11,13-14H2,1-2H3,(H,27,34)/t18-,19-/m1/s1. The Kier molecular flexibility index (Phi) is 7.20. The summed E-state index contributed by atoms with van der Waals surface area (Å²) in [6.07, 6.45) is -3.98. The predicted octanol–water partition coefficient (Wildman–Crippen LogP) is 2.98. The lowest BCUT2D eigenvalue weighted by molar-refractivity contribution is -0.146. The molecule has 0 bridgehead atoms. The number of ether oxygens (including phenoxy) is 1. The van der Waals surface area contributed by atoms with Crippen LogP contribution in [0.15, 0.2) is 48.5 Å². The van der Waals surface area contributed by atoms with Gasteiger partial charge in [0.05, 0.1) is 12.8 Å². The Morgan fingerprint density at radius 2 is 1.97 bits per heavy atom. The summed E-state index contributed by atoms with van der Waals surface area (Å²) in [5.74, 6) is -0.637. The summed E-state index contributed by atoms with van der Waals surface area (Å²) < 4.78 is 46.0. The molecule has 2 heterocycles. The van der Waals surface area contributed by atoms with Crippen LogP contribution in [0.1, 0.15) is 29.3 Å². The smallest absolute Gasteiger partial charge is 0.453 e. The Labute approximate surface area is 200 Å². The number of amides is 2. The van der Waals surface area contributed by atoms with Gasteiger partial charge in [-0.1, -0.05) is 30.3 Å². The minimum Gasteiger partial charge on any atom is -0.496 e. The average molecular weight is 490 g/mol. The monoisotopic (exact) mass is 489 g/mol. The number of nitrogens with zero attached hydrogens (tertiary/aromatic N) is 5. The molecule has 1 fully saturated rings. The van der Waals surface area contributed by atoms with Crippen LogP contribution in [-0.4, -0.2) is 64.4 Å². The summed E-state index contributed by atoms with van der Waals surface area (Å²) in [7, 11) is 3.11. The van der Waals surface area contributed by atoms with Crippen molar-refractivity contribution in [3.63, 3.8) is 0 Å². The lowest BCUT2D eigenvalue weighted by Gasteiger charge is -2.39. The third-order valence-electron chi connectivity index (χ3n) is 6.13. The maximum atomic E-state index is 13.3. The summed E-state index contributed by atoms with van der Waals surface area (Å²) in [5, 5.41) is 16.0. The number of carbonyl (C=O) groups is 1. The molecule has 186 valence electrons. The second-order valence-electron chi connectivity index (χ2n) is 8.20. The maximum Gasteiger partial charge on any atom is 0.453 e. The first kappa shape index (κ1) is 24.5. The number of hydrogen-bond donors (Lipinski definition) is 2. The first-order valence-corrected chi connectivity index (χ1v) is 11.1. The van der Waals surface area contributed by atoms with Crippen molar-refractivity contribution >= 4 is 6.03 Å². The molecule has 0 spiro atoms. The SMILES string of the molecule is CNC(=O)N1CC[C@@H](NCc2cc(-n3nnnc3C(F)(F)F)ccc2OC)[C@@H](c2ccccc2)C1. The Bertz CT molecular complexity index is 1150. The highest BCUT2D eigenvalue weighted by atomic mass is 19.4. The van der Waals surface area contributed by atoms with Crippen molar-refractivity contribution in [2.75, 3.05) is 27.2 Å². The van der Waals surface area contributed by atoms with Crippen LogP contribution < -0.4 is 15.4 Å². The van der Waals surface area contributed by atoms with Crippen LogP contribution in [0.3, 0.4) is 0 Å². The van der Waals surface area contributed by atoms with Crippen LogP contribution in [0.2, 0.25) is 0 Å². The minimum absolute atomic E-state index is 0.0328. The van der Waals surface area contributed by atoms with Gasteiger partial charge in [0, 0.05) is 44.2 Å². The van der Waals surface area contributed by atoms with E-state index < -0.39 is 12.0 Å². The van der Waals surface area contributed by atoms with Gasteiger partial charge in [0.15, 0.2) is 0 Å². The lowest BCUT2D eigenvalue weighted by Crippen LogP contribution is -2.51. The Hall–Kier alpha value is -3.67. The molecule has 0 unspecified atom stereocenters. The minimum atomic E-state index is -4.69. The molecular weight excluding hydrogens is 463 g/mol. The van der Waals surface area contributed by atoms with E-state index in [1.807, 2.05) is 30.3 Å². The molecule has 2 aromatic carbocycles. The summed E-state index contributed by atoms with van der Waals surface area (Å²) in [5.41, 5.74) is 1.94. The highest BCUT2D eigenvalue weighted by molar-refractivity contribution is 5.74. The van der Waals surface area contributed by atoms with Gasteiger partial charge in [-0.25, -0.2) is 4.79 Å². The number of halogens is 3. The van der Waals surface area contributed by atoms with Crippen LogP contribution in [0, 0.1) is 0 Å². The zero-order valence-electron chi connectivity index (χ0n) is 19.3. The molecule has 0 radical (unpaired) electrons. The van der Waals surface area contributed by atoms with Gasteiger partial charge in [-0.3, -0.25) is 0 Å². The number of alkyl halides is 3. The van der Waals surface area contributed by atoms with Gasteiger partial charge in [-0.05, 0) is 40.6 Å². The second-order valence-corrected chi connectivity index (χ2v) is 8.20. The number of methoxy groups -OCH3 is 1. The molecule has 2 atom stereocenters. The summed E-state index contributed by atoms with van der Waals surface area (Å²) in [6, 6.07) is 14.5. The number of urea groups is 1. The molecule has 0 aliphatic carbocycles. The van der Waals surface area contributed by atoms with Crippen LogP contribution in [0.25, 0.3) is 5.69 Å². The van der Waals surface area contributed by atoms with Gasteiger partial charge in [0.25, 0.3) is 5.82 Å². The van der Waals surface area contributed by atoms with E-state index in [0.29, 0.717) is 42.0 Å². The molecular formula is C23H26F3N7O2. The number of tetrazole rings is 1. The van der Waals surface area contributed by atoms with Crippen molar-refractivity contribution < 1.29 is 22.7 Å². The fourth-order valence-corrected chi connectivity index (χ4v) is 4.39. The zero-order chi connectivity index (χ0) is 25.0. The predicted molar refractivity (Wildman–Crippen MR) is 121 cm³/mol. The maximum absolute atomic E-state index is 13.3. The third kappa shape index (κ3) is 5.37. The molecule has 2 amide bonds. The highest BCUT2D eigenvalue weighted by Gasteiger charge is 2.38. The van der Waals surface area contributed by atoms with Gasteiger partial charge in [0.2, 0.25) is 0 Å². The lowest BCUT2D eigenvalue weighted by atomic mass is 9.86. The number of piperidine rings is 1. The quantitative estimate of drug-likeness (QED) is 0.553. The van der Waals surface area contributed by atoms with Crippen molar-refractivity contribution in [2.24, 2.45) is 0 Å². The topological polar surface area (TPSA) is 97.2 Å². The van der Waals surface area contributed by atoms with Crippen LogP contribution >= 0.6 is 0 Å². The largest absolute Gasteiger partial charge is 0.496 e. The van der Waals surface area contributed by atoms with Gasteiger partial charge in [0.1, 0.15) is 5.75 Å². The van der Waals surface area contributed by atoms with E-state index in [2.05, 4.69) is 26.2 Å². The van der Waals surface area contributed by atoms with Gasteiger partial charge >= 0.3 is 12.2 Å². The number of benzene rings is 2. The van der Waals surface area contributed by atoms with Crippen LogP contribution in [0.4, 0.5) is 18.0 Å². The van der Waals surface area contributed by atoms with E-state index >= 15 is 0 Å². The molecule has 2 N–H and O–H groups in total. The number of likely N-dealkylation sites (tertiary alicyclic amines) is 1. The molecule has 1 saturated heterocycles. The number of aromatic nitrogens is 4. The Balaban J connectivity index is 1.57. The molecule has 35 heavy (non-hydrogen) atoms. The average Bonchev–Trinajstić information content (AvgIpc) is 3.38. The fraction of sp³-hybridized carbons (Fsp3) is 0.391. The van der Waals surface area contributed by atoms with E-state index in [1.165, 1.54) is 13.2 Å². The van der Waals surface area contributed by atoms with Gasteiger partial charge in [-0.15, -0.1) is 5.10 Å². The molecule has 4 rings (SSSR count). The van der Waals surface area contributed by atoms with Crippen molar-refractivity contribution in [1.82, 2.24) is 35.7 Å². The summed E-state index contributed by atoms with van der Waals surface area (Å²) in [4.78, 5) is 14.0. The van der Waals surface area contributed by atoms with E-state index in [1.54, 1.807) is 24.1 Å². The number of carbonyl (C=O) groups excluding carboxylic acids is 1. The third-order valence-corrected chi connectivity index (χ3v) is 6.13. The Morgan fingerprint density at radius 1 is 1.20 bits per heavy atom. The molecule has 1 aromatic heterocycles. The number of rotatable bonds is 6. The van der Waals surface area contributed by atoms with Gasteiger partial charge < -0.3 is 20.3 Å². The normalized spacial score (nSPS) is 18.4. The Morgan fingerprint density at radius 3 is 2.66 bits per heavy atom. The fourth-order valence-electron chi connectivity index (χ4n) is 4.39. The molecule has 0 saturated carbocycles. The van der Waals surface area contributed by atoms with Crippen molar-refractivity contribution in [2.45, 2.75) is 31.1 Å². The molecule has 9 nitrogen and oxygen atoms in total. The first-order chi connectivity index (χ1) is 16.8. The van der Waals surface area contributed by atoms with E-state index in [0.717, 1.165) is 5.56 Å². The zero-order valence-corrected chi connectivity index (χ0v) is 19.3. The molecule has 1 aliphatic rings. The van der Waals surface area contributed by atoms with Crippen molar-refractivity contribution in [1.29, 1.82) is 0 Å². The van der Waals surface area contributed by atoms with Crippen LogP contribution in [0.5, 0.6) is 5.75 Å². The highest BCUT2D eigenvalue weighted by Crippen LogP contribution is 2.31. The van der Waals surface area contributed by atoms with Gasteiger partial charge in [-0.2, -0.15) is 17.9 Å². The van der Waals surface area contributed by atoms with E-state index in [-0.39, 0.29) is 23.7 Å². The van der Waals surface area contributed by atoms with E-state index in [9.17, 15) is 18.0 Å².